The molecule has 1 aromatic carbocycles. The molecule has 1 aliphatic rings. The summed E-state index contributed by atoms with van der Waals surface area (Å²) >= 11 is 1.83. The van der Waals surface area contributed by atoms with Gasteiger partial charge in [0.1, 0.15) is 0 Å². The Balaban J connectivity index is 1.82. The molecule has 1 fully saturated rings. The van der Waals surface area contributed by atoms with Crippen LogP contribution in [0.3, 0.4) is 0 Å². The molecule has 23 heavy (non-hydrogen) atoms. The van der Waals surface area contributed by atoms with E-state index in [1.165, 1.54) is 55.9 Å². The van der Waals surface area contributed by atoms with Crippen LogP contribution in [0.25, 0.3) is 0 Å². The first-order valence-electron chi connectivity index (χ1n) is 8.78. The zero-order valence-corrected chi connectivity index (χ0v) is 16.1. The summed E-state index contributed by atoms with van der Waals surface area (Å²) in [7, 11) is 6.62. The van der Waals surface area contributed by atoms with Crippen molar-refractivity contribution in [1.82, 2.24) is 14.7 Å². The fourth-order valence-electron chi connectivity index (χ4n) is 3.38. The van der Waals surface area contributed by atoms with Gasteiger partial charge in [0, 0.05) is 24.0 Å². The van der Waals surface area contributed by atoms with E-state index >= 15 is 0 Å². The minimum Gasteiger partial charge on any atom is -0.309 e. The van der Waals surface area contributed by atoms with Crippen molar-refractivity contribution < 1.29 is 0 Å². The maximum absolute atomic E-state index is 2.63. The van der Waals surface area contributed by atoms with Crippen molar-refractivity contribution in [1.29, 1.82) is 0 Å². The average Bonchev–Trinajstić information content (AvgIpc) is 2.55. The smallest absolute Gasteiger partial charge is 0.0234 e. The summed E-state index contributed by atoms with van der Waals surface area (Å²) in [6, 6.07) is 9.72. The second kappa shape index (κ2) is 9.67. The van der Waals surface area contributed by atoms with Gasteiger partial charge in [-0.05, 0) is 84.0 Å². The molecular weight excluding hydrogens is 302 g/mol. The number of hydrogen-bond acceptors (Lipinski definition) is 4. The van der Waals surface area contributed by atoms with Crippen LogP contribution in [0.2, 0.25) is 0 Å². The van der Waals surface area contributed by atoms with Gasteiger partial charge in [0.05, 0.1) is 0 Å². The van der Waals surface area contributed by atoms with Crippen LogP contribution in [0.5, 0.6) is 0 Å². The molecule has 0 aliphatic carbocycles. The van der Waals surface area contributed by atoms with Crippen LogP contribution < -0.4 is 0 Å². The van der Waals surface area contributed by atoms with E-state index in [9.17, 15) is 0 Å². The number of nitrogens with zero attached hydrogens (tertiary/aromatic N) is 3. The van der Waals surface area contributed by atoms with Crippen molar-refractivity contribution in [2.45, 2.75) is 36.7 Å². The van der Waals surface area contributed by atoms with Gasteiger partial charge in [0.15, 0.2) is 0 Å². The molecule has 0 N–H and O–H groups in total. The lowest BCUT2D eigenvalue weighted by Crippen LogP contribution is -2.46. The molecule has 1 atom stereocenters. The monoisotopic (exact) mass is 335 g/mol. The van der Waals surface area contributed by atoms with Crippen molar-refractivity contribution >= 4 is 11.8 Å². The van der Waals surface area contributed by atoms with Crippen LogP contribution in [-0.4, -0.2) is 74.3 Å². The third-order valence-corrected chi connectivity index (χ3v) is 5.49. The Hall–Kier alpha value is -0.550. The van der Waals surface area contributed by atoms with Crippen molar-refractivity contribution in [2.24, 2.45) is 0 Å². The van der Waals surface area contributed by atoms with Crippen molar-refractivity contribution in [3.8, 4) is 0 Å². The minimum absolute atomic E-state index is 0.717. The van der Waals surface area contributed by atoms with Crippen LogP contribution in [-0.2, 0) is 6.54 Å². The topological polar surface area (TPSA) is 9.72 Å². The van der Waals surface area contributed by atoms with Gasteiger partial charge in [-0.15, -0.1) is 11.8 Å². The molecule has 1 aliphatic heterocycles. The predicted molar refractivity (Wildman–Crippen MR) is 102 cm³/mol. The summed E-state index contributed by atoms with van der Waals surface area (Å²) in [5.41, 5.74) is 1.45. The minimum atomic E-state index is 0.717. The molecular formula is C19H33N3S. The second-order valence-corrected chi connectivity index (χ2v) is 7.90. The van der Waals surface area contributed by atoms with Crippen molar-refractivity contribution in [3.05, 3.63) is 29.8 Å². The van der Waals surface area contributed by atoms with E-state index < -0.39 is 0 Å². The molecule has 130 valence electrons. The molecule has 1 aromatic rings. The molecule has 2 rings (SSSR count). The average molecular weight is 336 g/mol. The van der Waals surface area contributed by atoms with E-state index in [0.717, 1.165) is 12.6 Å². The van der Waals surface area contributed by atoms with Crippen LogP contribution >= 0.6 is 11.8 Å². The van der Waals surface area contributed by atoms with E-state index in [-0.39, 0.29) is 0 Å². The molecule has 0 unspecified atom stereocenters. The van der Waals surface area contributed by atoms with Crippen LogP contribution in [0.15, 0.2) is 29.2 Å². The van der Waals surface area contributed by atoms with Gasteiger partial charge in [-0.1, -0.05) is 12.1 Å². The van der Waals surface area contributed by atoms with Crippen LogP contribution in [0.1, 0.15) is 24.8 Å². The number of hydrogen-bond donors (Lipinski definition) is 0. The Morgan fingerprint density at radius 1 is 1.22 bits per heavy atom. The van der Waals surface area contributed by atoms with E-state index in [0.29, 0.717) is 0 Å². The van der Waals surface area contributed by atoms with Gasteiger partial charge in [-0.25, -0.2) is 0 Å². The highest BCUT2D eigenvalue weighted by Gasteiger charge is 2.22. The quantitative estimate of drug-likeness (QED) is 0.674. The highest BCUT2D eigenvalue weighted by Crippen LogP contribution is 2.20. The van der Waals surface area contributed by atoms with E-state index in [1.54, 1.807) is 0 Å². The SMILES string of the molecule is CSc1cccc(CN2CCC[C@H](N(C)CCCN(C)C)C2)c1. The number of rotatable bonds is 8. The fourth-order valence-corrected chi connectivity index (χ4v) is 3.87. The number of benzene rings is 1. The Labute approximate surface area is 147 Å². The van der Waals surface area contributed by atoms with E-state index in [1.807, 2.05) is 11.8 Å². The molecule has 0 radical (unpaired) electrons. The number of piperidine rings is 1. The van der Waals surface area contributed by atoms with Gasteiger partial charge in [-0.3, -0.25) is 4.90 Å². The number of likely N-dealkylation sites (N-methyl/N-ethyl adjacent to an activating group) is 1. The fraction of sp³-hybridized carbons (Fsp3) is 0.684. The molecule has 0 aromatic heterocycles. The molecule has 0 bridgehead atoms. The molecule has 0 amide bonds. The zero-order chi connectivity index (χ0) is 16.7. The maximum Gasteiger partial charge on any atom is 0.0234 e. The summed E-state index contributed by atoms with van der Waals surface area (Å²) in [6.45, 7) is 5.94. The Kier molecular flexibility index (Phi) is 7.90. The summed E-state index contributed by atoms with van der Waals surface area (Å²) in [5, 5.41) is 0. The zero-order valence-electron chi connectivity index (χ0n) is 15.3. The standard InChI is InChI=1S/C19H33N3S/c1-20(2)11-7-12-21(3)18-9-6-13-22(16-18)15-17-8-5-10-19(14-17)23-4/h5,8,10,14,18H,6-7,9,11-13,15-16H2,1-4H3/t18-/m0/s1. The highest BCUT2D eigenvalue weighted by atomic mass is 32.2. The van der Waals surface area contributed by atoms with E-state index in [4.69, 9.17) is 0 Å². The third-order valence-electron chi connectivity index (χ3n) is 4.76. The van der Waals surface area contributed by atoms with Gasteiger partial charge in [0.2, 0.25) is 0 Å². The molecule has 1 saturated heterocycles. The first-order valence-corrected chi connectivity index (χ1v) is 10.0. The van der Waals surface area contributed by atoms with E-state index in [2.05, 4.69) is 66.4 Å². The van der Waals surface area contributed by atoms with Gasteiger partial charge in [-0.2, -0.15) is 0 Å². The molecule has 0 saturated carbocycles. The van der Waals surface area contributed by atoms with Gasteiger partial charge < -0.3 is 9.80 Å². The van der Waals surface area contributed by atoms with Crippen LogP contribution in [0.4, 0.5) is 0 Å². The van der Waals surface area contributed by atoms with Gasteiger partial charge in [0.25, 0.3) is 0 Å². The number of thioether (sulfide) groups is 1. The lowest BCUT2D eigenvalue weighted by Gasteiger charge is -2.38. The first kappa shape index (κ1) is 18.8. The normalized spacial score (nSPS) is 19.7. The summed E-state index contributed by atoms with van der Waals surface area (Å²) < 4.78 is 0. The van der Waals surface area contributed by atoms with Crippen molar-refractivity contribution in [2.75, 3.05) is 53.6 Å². The lowest BCUT2D eigenvalue weighted by molar-refractivity contribution is 0.109. The molecule has 4 heteroatoms. The first-order chi connectivity index (χ1) is 11.1. The van der Waals surface area contributed by atoms with Gasteiger partial charge >= 0.3 is 0 Å². The predicted octanol–water partition coefficient (Wildman–Crippen LogP) is 3.26. The van der Waals surface area contributed by atoms with Crippen LogP contribution in [0, 0.1) is 0 Å². The maximum atomic E-state index is 2.63. The highest BCUT2D eigenvalue weighted by molar-refractivity contribution is 7.98. The molecule has 3 nitrogen and oxygen atoms in total. The molecule has 1 heterocycles. The third kappa shape index (κ3) is 6.46. The largest absolute Gasteiger partial charge is 0.309 e. The summed E-state index contributed by atoms with van der Waals surface area (Å²) in [6.07, 6.45) is 6.08. The molecule has 0 spiro atoms. The number of likely N-dealkylation sites (tertiary alicyclic amines) is 1. The second-order valence-electron chi connectivity index (χ2n) is 7.02. The Morgan fingerprint density at radius 3 is 2.78 bits per heavy atom. The Bertz CT molecular complexity index is 464. The summed E-state index contributed by atoms with van der Waals surface area (Å²) in [5.74, 6) is 0. The van der Waals surface area contributed by atoms with Crippen molar-refractivity contribution in [3.63, 3.8) is 0 Å². The Morgan fingerprint density at radius 2 is 2.04 bits per heavy atom. The summed E-state index contributed by atoms with van der Waals surface area (Å²) in [4.78, 5) is 8.86. The lowest BCUT2D eigenvalue weighted by atomic mass is 10.0.